The number of imidazole rings is 1. The zero-order chi connectivity index (χ0) is 14.5. The SMILES string of the molecule is C1=CON(c2ccc3ccc4nc5ccccc5n4c3n2)N1. The largest absolute Gasteiger partial charge is 0.364 e. The average Bonchev–Trinajstić information content (AvgIpc) is 3.21. The maximum absolute atomic E-state index is 5.32. The Hall–Kier alpha value is -3.28. The van der Waals surface area contributed by atoms with Crippen molar-refractivity contribution < 1.29 is 4.84 Å². The summed E-state index contributed by atoms with van der Waals surface area (Å²) >= 11 is 0. The van der Waals surface area contributed by atoms with Gasteiger partial charge in [0.2, 0.25) is 0 Å². The molecule has 0 aliphatic carbocycles. The van der Waals surface area contributed by atoms with Crippen LogP contribution in [-0.2, 0) is 4.84 Å². The molecule has 0 unspecified atom stereocenters. The van der Waals surface area contributed by atoms with Crippen LogP contribution in [0, 0.1) is 0 Å². The van der Waals surface area contributed by atoms with Gasteiger partial charge in [0.05, 0.1) is 17.2 Å². The van der Waals surface area contributed by atoms with Gasteiger partial charge in [0, 0.05) is 5.39 Å². The Morgan fingerprint density at radius 2 is 1.86 bits per heavy atom. The van der Waals surface area contributed by atoms with Crippen LogP contribution in [0.4, 0.5) is 5.82 Å². The van der Waals surface area contributed by atoms with Gasteiger partial charge in [0.1, 0.15) is 17.6 Å². The zero-order valence-electron chi connectivity index (χ0n) is 11.5. The summed E-state index contributed by atoms with van der Waals surface area (Å²) in [5, 5.41) is 2.56. The Bertz CT molecular complexity index is 1040. The van der Waals surface area contributed by atoms with Crippen LogP contribution in [0.1, 0.15) is 0 Å². The number of para-hydroxylation sites is 2. The lowest BCUT2D eigenvalue weighted by Crippen LogP contribution is -2.28. The maximum Gasteiger partial charge on any atom is 0.190 e. The molecule has 4 heterocycles. The Morgan fingerprint density at radius 3 is 2.77 bits per heavy atom. The molecule has 106 valence electrons. The van der Waals surface area contributed by atoms with E-state index in [0.717, 1.165) is 27.7 Å². The summed E-state index contributed by atoms with van der Waals surface area (Å²) in [4.78, 5) is 14.7. The van der Waals surface area contributed by atoms with Crippen LogP contribution in [0.15, 0.2) is 61.0 Å². The van der Waals surface area contributed by atoms with Gasteiger partial charge in [-0.05, 0) is 36.4 Å². The fraction of sp³-hybridized carbons (Fsp3) is 0. The quantitative estimate of drug-likeness (QED) is 0.584. The molecule has 4 aromatic rings. The van der Waals surface area contributed by atoms with Crippen LogP contribution in [0.25, 0.3) is 27.7 Å². The fourth-order valence-corrected chi connectivity index (χ4v) is 2.75. The molecule has 1 aliphatic heterocycles. The van der Waals surface area contributed by atoms with E-state index in [1.807, 2.05) is 42.5 Å². The molecule has 5 rings (SSSR count). The van der Waals surface area contributed by atoms with E-state index in [1.54, 1.807) is 12.5 Å². The van der Waals surface area contributed by atoms with Crippen LogP contribution in [0.3, 0.4) is 0 Å². The third-order valence-electron chi connectivity index (χ3n) is 3.74. The second-order valence-electron chi connectivity index (χ2n) is 5.04. The standard InChI is InChI=1S/C16H11N5O/c1-2-4-13-12(3-1)18-14-7-5-11-6-8-15(19-16(11)20(13)14)21-17-9-10-22-21/h1-10,17H. The third kappa shape index (κ3) is 1.49. The Kier molecular flexibility index (Phi) is 2.13. The number of fused-ring (bicyclic) bond motifs is 5. The smallest absolute Gasteiger partial charge is 0.190 e. The van der Waals surface area contributed by atoms with Gasteiger partial charge in [-0.3, -0.25) is 9.83 Å². The number of anilines is 1. The molecule has 0 saturated carbocycles. The normalized spacial score (nSPS) is 13.9. The van der Waals surface area contributed by atoms with Crippen LogP contribution >= 0.6 is 0 Å². The van der Waals surface area contributed by atoms with E-state index in [-0.39, 0.29) is 0 Å². The lowest BCUT2D eigenvalue weighted by Gasteiger charge is -2.15. The minimum atomic E-state index is 0.683. The highest BCUT2D eigenvalue weighted by Gasteiger charge is 2.13. The Morgan fingerprint density at radius 1 is 0.955 bits per heavy atom. The first kappa shape index (κ1) is 11.4. The summed E-state index contributed by atoms with van der Waals surface area (Å²) in [6, 6.07) is 16.0. The highest BCUT2D eigenvalue weighted by Crippen LogP contribution is 2.24. The van der Waals surface area contributed by atoms with E-state index in [0.29, 0.717) is 5.82 Å². The number of benzene rings is 1. The predicted octanol–water partition coefficient (Wildman–Crippen LogP) is 2.76. The molecule has 1 aliphatic rings. The van der Waals surface area contributed by atoms with E-state index in [2.05, 4.69) is 20.9 Å². The number of hydrogen-bond donors (Lipinski definition) is 1. The van der Waals surface area contributed by atoms with Gasteiger partial charge in [0.15, 0.2) is 5.82 Å². The average molecular weight is 289 g/mol. The number of rotatable bonds is 1. The highest BCUT2D eigenvalue weighted by molar-refractivity contribution is 5.89. The van der Waals surface area contributed by atoms with Crippen molar-refractivity contribution in [3.63, 3.8) is 0 Å². The number of aromatic nitrogens is 3. The van der Waals surface area contributed by atoms with Gasteiger partial charge >= 0.3 is 0 Å². The lowest BCUT2D eigenvalue weighted by molar-refractivity contribution is 0.219. The molecule has 0 amide bonds. The van der Waals surface area contributed by atoms with E-state index in [4.69, 9.17) is 9.82 Å². The molecule has 0 spiro atoms. The van der Waals surface area contributed by atoms with Crippen LogP contribution < -0.4 is 10.6 Å². The summed E-state index contributed by atoms with van der Waals surface area (Å²) in [6.07, 6.45) is 3.28. The van der Waals surface area contributed by atoms with Crippen molar-refractivity contribution in [2.75, 3.05) is 5.17 Å². The highest BCUT2D eigenvalue weighted by atomic mass is 16.7. The molecule has 0 atom stereocenters. The van der Waals surface area contributed by atoms with E-state index in [1.165, 1.54) is 5.17 Å². The van der Waals surface area contributed by atoms with Gasteiger partial charge in [-0.1, -0.05) is 17.3 Å². The fourth-order valence-electron chi connectivity index (χ4n) is 2.75. The van der Waals surface area contributed by atoms with Crippen molar-refractivity contribution in [1.82, 2.24) is 19.8 Å². The van der Waals surface area contributed by atoms with Gasteiger partial charge < -0.3 is 4.84 Å². The van der Waals surface area contributed by atoms with Crippen LogP contribution in [0.5, 0.6) is 0 Å². The topological polar surface area (TPSA) is 54.7 Å². The summed E-state index contributed by atoms with van der Waals surface area (Å²) in [5.41, 5.74) is 6.69. The minimum absolute atomic E-state index is 0.683. The summed E-state index contributed by atoms with van der Waals surface area (Å²) in [7, 11) is 0. The molecule has 0 saturated heterocycles. The molecule has 0 bridgehead atoms. The first-order valence-corrected chi connectivity index (χ1v) is 6.95. The summed E-state index contributed by atoms with van der Waals surface area (Å²) in [6.45, 7) is 0. The number of nitrogens with zero attached hydrogens (tertiary/aromatic N) is 4. The second kappa shape index (κ2) is 4.11. The van der Waals surface area contributed by atoms with Crippen LogP contribution in [-0.4, -0.2) is 14.4 Å². The maximum atomic E-state index is 5.32. The first-order chi connectivity index (χ1) is 10.9. The second-order valence-corrected chi connectivity index (χ2v) is 5.04. The van der Waals surface area contributed by atoms with Gasteiger partial charge in [-0.2, -0.15) is 0 Å². The molecule has 0 fully saturated rings. The van der Waals surface area contributed by atoms with Crippen molar-refractivity contribution >= 4 is 33.5 Å². The third-order valence-corrected chi connectivity index (χ3v) is 3.74. The first-order valence-electron chi connectivity index (χ1n) is 6.95. The van der Waals surface area contributed by atoms with Gasteiger partial charge in [-0.25, -0.2) is 9.97 Å². The number of hydrazine groups is 1. The predicted molar refractivity (Wildman–Crippen MR) is 83.8 cm³/mol. The molecule has 0 radical (unpaired) electrons. The van der Waals surface area contributed by atoms with Crippen LogP contribution in [0.2, 0.25) is 0 Å². The molecular weight excluding hydrogens is 278 g/mol. The van der Waals surface area contributed by atoms with Crippen molar-refractivity contribution in [3.8, 4) is 0 Å². The van der Waals surface area contributed by atoms with Crippen molar-refractivity contribution in [1.29, 1.82) is 0 Å². The van der Waals surface area contributed by atoms with Crippen molar-refractivity contribution in [2.24, 2.45) is 0 Å². The number of nitrogens with one attached hydrogen (secondary N) is 1. The molecular formula is C16H11N5O. The monoisotopic (exact) mass is 289 g/mol. The van der Waals surface area contributed by atoms with Gasteiger partial charge in [0.25, 0.3) is 0 Å². The summed E-state index contributed by atoms with van der Waals surface area (Å²) < 4.78 is 2.07. The molecule has 1 aromatic carbocycles. The van der Waals surface area contributed by atoms with Gasteiger partial charge in [-0.15, -0.1) is 0 Å². The molecule has 6 nitrogen and oxygen atoms in total. The number of hydrogen-bond acceptors (Lipinski definition) is 5. The zero-order valence-corrected chi connectivity index (χ0v) is 11.5. The molecule has 3 aromatic heterocycles. The van der Waals surface area contributed by atoms with Crippen molar-refractivity contribution in [3.05, 3.63) is 61.0 Å². The van der Waals surface area contributed by atoms with E-state index < -0.39 is 0 Å². The lowest BCUT2D eigenvalue weighted by atomic mass is 10.2. The summed E-state index contributed by atoms with van der Waals surface area (Å²) in [5.74, 6) is 0.683. The van der Waals surface area contributed by atoms with E-state index >= 15 is 0 Å². The number of pyridine rings is 2. The Labute approximate surface area is 125 Å². The Balaban J connectivity index is 1.87. The molecule has 6 heteroatoms. The molecule has 1 N–H and O–H groups in total. The van der Waals surface area contributed by atoms with E-state index in [9.17, 15) is 0 Å². The minimum Gasteiger partial charge on any atom is -0.364 e. The molecule has 22 heavy (non-hydrogen) atoms. The van der Waals surface area contributed by atoms with Crippen molar-refractivity contribution in [2.45, 2.75) is 0 Å².